The number of ether oxygens (including phenoxy) is 3. The highest BCUT2D eigenvalue weighted by Crippen LogP contribution is 2.36. The number of nitrogens with one attached hydrogen (secondary N) is 1. The summed E-state index contributed by atoms with van der Waals surface area (Å²) in [6, 6.07) is 10.8. The van der Waals surface area contributed by atoms with E-state index in [-0.39, 0.29) is 6.61 Å². The zero-order chi connectivity index (χ0) is 21.2. The summed E-state index contributed by atoms with van der Waals surface area (Å²) in [5.74, 6) is -0.159. The molecule has 1 N–H and O–H groups in total. The van der Waals surface area contributed by atoms with Gasteiger partial charge in [-0.3, -0.25) is 4.79 Å². The number of aryl methyl sites for hydroxylation is 1. The summed E-state index contributed by atoms with van der Waals surface area (Å²) in [5, 5.41) is 3.04. The lowest BCUT2D eigenvalue weighted by atomic mass is 10.1. The first-order valence-electron chi connectivity index (χ1n) is 9.20. The van der Waals surface area contributed by atoms with E-state index in [1.54, 1.807) is 12.1 Å². The zero-order valence-corrected chi connectivity index (χ0v) is 17.4. The largest absolute Gasteiger partial charge is 0.493 e. The van der Waals surface area contributed by atoms with Crippen LogP contribution in [0.1, 0.15) is 25.0 Å². The Bertz CT molecular complexity index is 878. The van der Waals surface area contributed by atoms with Crippen molar-refractivity contribution in [1.82, 2.24) is 0 Å². The topological polar surface area (TPSA) is 73.9 Å². The van der Waals surface area contributed by atoms with Crippen LogP contribution in [-0.4, -0.2) is 32.2 Å². The second-order valence-electron chi connectivity index (χ2n) is 6.01. The number of carbonyl (C=O) groups excluding carboxylic acids is 2. The number of methoxy groups -OCH3 is 1. The Balaban J connectivity index is 1.90. The Kier molecular flexibility index (Phi) is 8.55. The van der Waals surface area contributed by atoms with E-state index in [4.69, 9.17) is 25.8 Å². The molecule has 0 aliphatic rings. The number of benzene rings is 2. The summed E-state index contributed by atoms with van der Waals surface area (Å²) >= 11 is 6.20. The Morgan fingerprint density at radius 1 is 1.14 bits per heavy atom. The molecular weight excluding hydrogens is 394 g/mol. The molecule has 0 heterocycles. The maximum Gasteiger partial charge on any atom is 0.331 e. The van der Waals surface area contributed by atoms with Gasteiger partial charge in [0.1, 0.15) is 0 Å². The fourth-order valence-corrected chi connectivity index (χ4v) is 2.76. The van der Waals surface area contributed by atoms with Gasteiger partial charge >= 0.3 is 5.97 Å². The van der Waals surface area contributed by atoms with Crippen molar-refractivity contribution in [3.05, 3.63) is 58.6 Å². The number of anilines is 1. The highest BCUT2D eigenvalue weighted by molar-refractivity contribution is 6.32. The maximum atomic E-state index is 11.9. The second-order valence-corrected chi connectivity index (χ2v) is 6.41. The van der Waals surface area contributed by atoms with E-state index in [1.165, 1.54) is 24.8 Å². The van der Waals surface area contributed by atoms with Crippen molar-refractivity contribution < 1.29 is 23.8 Å². The van der Waals surface area contributed by atoms with Gasteiger partial charge in [-0.05, 0) is 54.8 Å². The number of hydrogen-bond donors (Lipinski definition) is 1. The molecule has 0 aromatic heterocycles. The van der Waals surface area contributed by atoms with Gasteiger partial charge in [0, 0.05) is 11.8 Å². The van der Waals surface area contributed by atoms with E-state index in [9.17, 15) is 9.59 Å². The van der Waals surface area contributed by atoms with Gasteiger partial charge in [0.25, 0.3) is 5.91 Å². The van der Waals surface area contributed by atoms with Gasteiger partial charge in [-0.25, -0.2) is 4.79 Å². The normalized spacial score (nSPS) is 10.6. The molecule has 0 bridgehead atoms. The molecule has 7 heteroatoms. The van der Waals surface area contributed by atoms with Crippen molar-refractivity contribution in [2.75, 3.05) is 25.6 Å². The van der Waals surface area contributed by atoms with Crippen molar-refractivity contribution in [3.8, 4) is 11.5 Å². The average Bonchev–Trinajstić information content (AvgIpc) is 2.72. The first-order chi connectivity index (χ1) is 14.0. The third-order valence-corrected chi connectivity index (χ3v) is 4.22. The van der Waals surface area contributed by atoms with Crippen molar-refractivity contribution in [3.63, 3.8) is 0 Å². The molecular formula is C22H24ClNO5. The SMILES string of the molecule is CCOc1c(Cl)cc(/C=C/C(=O)OCC(=O)Nc2ccc(CC)cc2)cc1OC. The summed E-state index contributed by atoms with van der Waals surface area (Å²) in [6.45, 7) is 3.96. The van der Waals surface area contributed by atoms with Crippen LogP contribution in [0.5, 0.6) is 11.5 Å². The smallest absolute Gasteiger partial charge is 0.331 e. The molecule has 29 heavy (non-hydrogen) atoms. The highest BCUT2D eigenvalue weighted by atomic mass is 35.5. The Morgan fingerprint density at radius 2 is 1.86 bits per heavy atom. The number of carbonyl (C=O) groups is 2. The van der Waals surface area contributed by atoms with Crippen molar-refractivity contribution in [2.24, 2.45) is 0 Å². The zero-order valence-electron chi connectivity index (χ0n) is 16.7. The minimum Gasteiger partial charge on any atom is -0.493 e. The number of halogens is 1. The predicted molar refractivity (Wildman–Crippen MR) is 114 cm³/mol. The van der Waals surface area contributed by atoms with Gasteiger partial charge < -0.3 is 19.5 Å². The molecule has 0 fully saturated rings. The van der Waals surface area contributed by atoms with Crippen LogP contribution in [-0.2, 0) is 20.7 Å². The van der Waals surface area contributed by atoms with Crippen LogP contribution < -0.4 is 14.8 Å². The van der Waals surface area contributed by atoms with Gasteiger partial charge in [0.15, 0.2) is 18.1 Å². The first kappa shape index (κ1) is 22.3. The molecule has 6 nitrogen and oxygen atoms in total. The van der Waals surface area contributed by atoms with Crippen molar-refractivity contribution in [1.29, 1.82) is 0 Å². The molecule has 154 valence electrons. The molecule has 0 spiro atoms. The number of hydrogen-bond acceptors (Lipinski definition) is 5. The summed E-state index contributed by atoms with van der Waals surface area (Å²) in [4.78, 5) is 23.8. The summed E-state index contributed by atoms with van der Waals surface area (Å²) in [6.07, 6.45) is 3.66. The minimum absolute atomic E-state index is 0.368. The summed E-state index contributed by atoms with van der Waals surface area (Å²) in [5.41, 5.74) is 2.45. The van der Waals surface area contributed by atoms with Gasteiger partial charge in [-0.2, -0.15) is 0 Å². The van der Waals surface area contributed by atoms with Crippen LogP contribution in [0.25, 0.3) is 6.08 Å². The molecule has 0 saturated carbocycles. The molecule has 0 aliphatic heterocycles. The standard InChI is InChI=1S/C22H24ClNO5/c1-4-15-6-9-17(10-7-15)24-20(25)14-29-21(26)11-8-16-12-18(23)22(28-5-2)19(13-16)27-3/h6-13H,4-5,14H2,1-3H3,(H,24,25)/b11-8+. The molecule has 2 aromatic rings. The fraction of sp³-hybridized carbons (Fsp3) is 0.273. The van der Waals surface area contributed by atoms with E-state index in [0.717, 1.165) is 6.42 Å². The van der Waals surface area contributed by atoms with Crippen LogP contribution in [0.2, 0.25) is 5.02 Å². The van der Waals surface area contributed by atoms with Gasteiger partial charge in [-0.1, -0.05) is 30.7 Å². The second kappa shape index (κ2) is 11.1. The van der Waals surface area contributed by atoms with Crippen LogP contribution in [0, 0.1) is 0 Å². The van der Waals surface area contributed by atoms with E-state index in [2.05, 4.69) is 12.2 Å². The molecule has 2 aromatic carbocycles. The van der Waals surface area contributed by atoms with Crippen molar-refractivity contribution >= 4 is 35.2 Å². The van der Waals surface area contributed by atoms with E-state index < -0.39 is 11.9 Å². The maximum absolute atomic E-state index is 11.9. The van der Waals surface area contributed by atoms with Gasteiger partial charge in [-0.15, -0.1) is 0 Å². The lowest BCUT2D eigenvalue weighted by molar-refractivity contribution is -0.142. The molecule has 0 unspecified atom stereocenters. The Hall–Kier alpha value is -2.99. The fourth-order valence-electron chi connectivity index (χ4n) is 2.49. The van der Waals surface area contributed by atoms with Crippen LogP contribution >= 0.6 is 11.6 Å². The lowest BCUT2D eigenvalue weighted by Gasteiger charge is -2.11. The lowest BCUT2D eigenvalue weighted by Crippen LogP contribution is -2.20. The molecule has 0 atom stereocenters. The predicted octanol–water partition coefficient (Wildman–Crippen LogP) is 4.50. The Labute approximate surface area is 175 Å². The summed E-state index contributed by atoms with van der Waals surface area (Å²) in [7, 11) is 1.50. The molecule has 0 radical (unpaired) electrons. The molecule has 1 amide bonds. The first-order valence-corrected chi connectivity index (χ1v) is 9.58. The van der Waals surface area contributed by atoms with Crippen LogP contribution in [0.3, 0.4) is 0 Å². The molecule has 0 saturated heterocycles. The third-order valence-electron chi connectivity index (χ3n) is 3.94. The number of amides is 1. The number of esters is 1. The van der Waals surface area contributed by atoms with Crippen LogP contribution in [0.15, 0.2) is 42.5 Å². The Morgan fingerprint density at radius 3 is 2.48 bits per heavy atom. The quantitative estimate of drug-likeness (QED) is 0.480. The van der Waals surface area contributed by atoms with Gasteiger partial charge in [0.05, 0.1) is 18.7 Å². The van der Waals surface area contributed by atoms with E-state index in [1.807, 2.05) is 31.2 Å². The number of rotatable bonds is 9. The molecule has 0 aliphatic carbocycles. The van der Waals surface area contributed by atoms with Gasteiger partial charge in [0.2, 0.25) is 0 Å². The van der Waals surface area contributed by atoms with E-state index in [0.29, 0.717) is 34.4 Å². The van der Waals surface area contributed by atoms with Crippen molar-refractivity contribution in [2.45, 2.75) is 20.3 Å². The summed E-state index contributed by atoms with van der Waals surface area (Å²) < 4.78 is 15.7. The minimum atomic E-state index is -0.648. The van der Waals surface area contributed by atoms with E-state index >= 15 is 0 Å². The third kappa shape index (κ3) is 6.84. The molecule has 2 rings (SSSR count). The average molecular weight is 418 g/mol. The highest BCUT2D eigenvalue weighted by Gasteiger charge is 2.11. The monoisotopic (exact) mass is 417 g/mol. The van der Waals surface area contributed by atoms with Crippen LogP contribution in [0.4, 0.5) is 5.69 Å².